The standard InChI is InChI=1S/C14H10O4S/c15-13(10-6-2-1-3-7-10)18-11-8-4-5-9-12(11)19-14(16)17/h1-9H,(H,16,17). The summed E-state index contributed by atoms with van der Waals surface area (Å²) in [5, 5.41) is 7.71. The predicted octanol–water partition coefficient (Wildman–Crippen LogP) is 3.68. The van der Waals surface area contributed by atoms with Crippen molar-refractivity contribution >= 4 is 23.0 Å². The van der Waals surface area contributed by atoms with E-state index in [1.54, 1.807) is 54.6 Å². The molecule has 1 N–H and O–H groups in total. The van der Waals surface area contributed by atoms with Crippen LogP contribution in [0.5, 0.6) is 5.75 Å². The van der Waals surface area contributed by atoms with Crippen LogP contribution in [0.15, 0.2) is 59.5 Å². The summed E-state index contributed by atoms with van der Waals surface area (Å²) in [6.45, 7) is 0. The van der Waals surface area contributed by atoms with Gasteiger partial charge in [-0.05, 0) is 36.0 Å². The molecule has 5 heteroatoms. The van der Waals surface area contributed by atoms with Gasteiger partial charge >= 0.3 is 11.3 Å². The Bertz CT molecular complexity index is 595. The summed E-state index contributed by atoms with van der Waals surface area (Å²) in [6.07, 6.45) is 0. The number of hydrogen-bond donors (Lipinski definition) is 1. The minimum Gasteiger partial charge on any atom is -0.473 e. The van der Waals surface area contributed by atoms with Gasteiger partial charge in [0.1, 0.15) is 5.75 Å². The summed E-state index contributed by atoms with van der Waals surface area (Å²) in [5.41, 5.74) is 0.414. The Morgan fingerprint density at radius 3 is 2.26 bits per heavy atom. The van der Waals surface area contributed by atoms with Crippen LogP contribution >= 0.6 is 11.8 Å². The molecule has 0 spiro atoms. The molecular formula is C14H10O4S. The first kappa shape index (κ1) is 13.2. The Morgan fingerprint density at radius 2 is 1.58 bits per heavy atom. The number of para-hydroxylation sites is 1. The maximum atomic E-state index is 11.9. The monoisotopic (exact) mass is 274 g/mol. The van der Waals surface area contributed by atoms with Crippen LogP contribution in [0.2, 0.25) is 0 Å². The highest BCUT2D eigenvalue weighted by Crippen LogP contribution is 2.29. The predicted molar refractivity (Wildman–Crippen MR) is 71.7 cm³/mol. The SMILES string of the molecule is O=C(O)Sc1ccccc1OC(=O)c1ccccc1. The summed E-state index contributed by atoms with van der Waals surface area (Å²) < 4.78 is 5.21. The first-order valence-corrected chi connectivity index (χ1v) is 6.25. The second-order valence-corrected chi connectivity index (χ2v) is 4.56. The van der Waals surface area contributed by atoms with Gasteiger partial charge in [0, 0.05) is 0 Å². The zero-order chi connectivity index (χ0) is 13.7. The summed E-state index contributed by atoms with van der Waals surface area (Å²) in [5.74, 6) is -0.275. The van der Waals surface area contributed by atoms with Crippen LogP contribution in [0, 0.1) is 0 Å². The lowest BCUT2D eigenvalue weighted by molar-refractivity contribution is 0.0730. The maximum Gasteiger partial charge on any atom is 0.369 e. The Labute approximate surface area is 114 Å². The van der Waals surface area contributed by atoms with E-state index in [1.807, 2.05) is 0 Å². The second kappa shape index (κ2) is 6.06. The third kappa shape index (κ3) is 3.59. The van der Waals surface area contributed by atoms with Gasteiger partial charge in [0.25, 0.3) is 0 Å². The molecule has 19 heavy (non-hydrogen) atoms. The van der Waals surface area contributed by atoms with Gasteiger partial charge in [-0.15, -0.1) is 0 Å². The Morgan fingerprint density at radius 1 is 0.947 bits per heavy atom. The van der Waals surface area contributed by atoms with Gasteiger partial charge in [0.15, 0.2) is 0 Å². The molecule has 0 atom stereocenters. The largest absolute Gasteiger partial charge is 0.473 e. The molecule has 0 heterocycles. The number of carbonyl (C=O) groups excluding carboxylic acids is 1. The number of rotatable bonds is 3. The third-order valence-corrected chi connectivity index (χ3v) is 2.99. The number of esters is 1. The highest BCUT2D eigenvalue weighted by atomic mass is 32.2. The molecule has 0 amide bonds. The van der Waals surface area contributed by atoms with Crippen molar-refractivity contribution in [3.63, 3.8) is 0 Å². The van der Waals surface area contributed by atoms with E-state index in [2.05, 4.69) is 0 Å². The van der Waals surface area contributed by atoms with Gasteiger partial charge in [0.05, 0.1) is 10.5 Å². The van der Waals surface area contributed by atoms with Gasteiger partial charge in [0.2, 0.25) is 0 Å². The Hall–Kier alpha value is -2.27. The molecule has 0 aliphatic rings. The van der Waals surface area contributed by atoms with Crippen molar-refractivity contribution in [3.05, 3.63) is 60.2 Å². The van der Waals surface area contributed by atoms with Crippen LogP contribution in [0.3, 0.4) is 0 Å². The third-order valence-electron chi connectivity index (χ3n) is 2.26. The van der Waals surface area contributed by atoms with Gasteiger partial charge < -0.3 is 9.84 Å². The van der Waals surface area contributed by atoms with Crippen molar-refractivity contribution in [1.29, 1.82) is 0 Å². The molecule has 0 aliphatic carbocycles. The minimum atomic E-state index is -1.05. The molecule has 2 aromatic rings. The summed E-state index contributed by atoms with van der Waals surface area (Å²) in [4.78, 5) is 23.0. The van der Waals surface area contributed by atoms with E-state index in [-0.39, 0.29) is 5.75 Å². The van der Waals surface area contributed by atoms with Gasteiger partial charge in [-0.2, -0.15) is 0 Å². The van der Waals surface area contributed by atoms with E-state index < -0.39 is 11.3 Å². The molecule has 0 unspecified atom stereocenters. The Kier molecular flexibility index (Phi) is 4.20. The smallest absolute Gasteiger partial charge is 0.369 e. The molecule has 0 fully saturated rings. The van der Waals surface area contributed by atoms with Crippen LogP contribution < -0.4 is 4.74 Å². The minimum absolute atomic E-state index is 0.240. The van der Waals surface area contributed by atoms with E-state index >= 15 is 0 Å². The van der Waals surface area contributed by atoms with Crippen molar-refractivity contribution in [3.8, 4) is 5.75 Å². The van der Waals surface area contributed by atoms with Gasteiger partial charge in [-0.25, -0.2) is 9.59 Å². The summed E-state index contributed by atoms with van der Waals surface area (Å²) in [6, 6.07) is 15.0. The van der Waals surface area contributed by atoms with E-state index in [4.69, 9.17) is 9.84 Å². The number of thioether (sulfide) groups is 1. The van der Waals surface area contributed by atoms with Crippen molar-refractivity contribution in [2.75, 3.05) is 0 Å². The highest BCUT2D eigenvalue weighted by Gasteiger charge is 2.13. The molecule has 0 saturated carbocycles. The van der Waals surface area contributed by atoms with Crippen LogP contribution in [0.1, 0.15) is 10.4 Å². The first-order valence-electron chi connectivity index (χ1n) is 5.44. The van der Waals surface area contributed by atoms with Crippen LogP contribution in [0.4, 0.5) is 4.79 Å². The zero-order valence-electron chi connectivity index (χ0n) is 9.78. The van der Waals surface area contributed by atoms with E-state index in [9.17, 15) is 9.59 Å². The second-order valence-electron chi connectivity index (χ2n) is 3.57. The first-order chi connectivity index (χ1) is 9.16. The van der Waals surface area contributed by atoms with Crippen LogP contribution in [0.25, 0.3) is 0 Å². The quantitative estimate of drug-likeness (QED) is 0.525. The lowest BCUT2D eigenvalue weighted by Gasteiger charge is -2.07. The normalized spacial score (nSPS) is 9.89. The molecule has 2 aromatic carbocycles. The molecule has 0 aromatic heterocycles. The molecular weight excluding hydrogens is 264 g/mol. The lowest BCUT2D eigenvalue weighted by Crippen LogP contribution is -2.08. The van der Waals surface area contributed by atoms with Crippen LogP contribution in [-0.4, -0.2) is 16.4 Å². The van der Waals surface area contributed by atoms with E-state index in [0.29, 0.717) is 22.2 Å². The van der Waals surface area contributed by atoms with Gasteiger partial charge in [-0.3, -0.25) is 0 Å². The molecule has 4 nitrogen and oxygen atoms in total. The fourth-order valence-corrected chi connectivity index (χ4v) is 1.99. The number of ether oxygens (including phenoxy) is 1. The molecule has 0 bridgehead atoms. The molecule has 0 radical (unpaired) electrons. The summed E-state index contributed by atoms with van der Waals surface area (Å²) >= 11 is 0.602. The Balaban J connectivity index is 2.19. The fraction of sp³-hybridized carbons (Fsp3) is 0. The topological polar surface area (TPSA) is 63.6 Å². The number of carboxylic acid groups (broad SMARTS) is 1. The van der Waals surface area contributed by atoms with Crippen molar-refractivity contribution < 1.29 is 19.4 Å². The number of hydrogen-bond acceptors (Lipinski definition) is 4. The average molecular weight is 274 g/mol. The molecule has 0 saturated heterocycles. The fourth-order valence-electron chi connectivity index (χ4n) is 1.45. The molecule has 0 aliphatic heterocycles. The summed E-state index contributed by atoms with van der Waals surface area (Å²) in [7, 11) is 0. The zero-order valence-corrected chi connectivity index (χ0v) is 10.6. The van der Waals surface area contributed by atoms with Crippen molar-refractivity contribution in [2.24, 2.45) is 0 Å². The molecule has 2 rings (SSSR count). The average Bonchev–Trinajstić information content (AvgIpc) is 2.41. The van der Waals surface area contributed by atoms with Gasteiger partial charge in [-0.1, -0.05) is 30.3 Å². The highest BCUT2D eigenvalue weighted by molar-refractivity contribution is 8.13. The lowest BCUT2D eigenvalue weighted by atomic mass is 10.2. The van der Waals surface area contributed by atoms with Crippen molar-refractivity contribution in [1.82, 2.24) is 0 Å². The van der Waals surface area contributed by atoms with E-state index in [1.165, 1.54) is 0 Å². The molecule has 96 valence electrons. The van der Waals surface area contributed by atoms with E-state index in [0.717, 1.165) is 0 Å². The van der Waals surface area contributed by atoms with Crippen molar-refractivity contribution in [2.45, 2.75) is 4.90 Å². The maximum absolute atomic E-state index is 11.9. The van der Waals surface area contributed by atoms with Crippen LogP contribution in [-0.2, 0) is 0 Å². The number of benzene rings is 2. The number of carbonyl (C=O) groups is 2.